The van der Waals surface area contributed by atoms with E-state index in [0.29, 0.717) is 0 Å². The summed E-state index contributed by atoms with van der Waals surface area (Å²) in [6.07, 6.45) is 8.14. The number of hydrogen-bond acceptors (Lipinski definition) is 0. The van der Waals surface area contributed by atoms with E-state index in [2.05, 4.69) is 38.7 Å². The fraction of sp³-hybridized carbons (Fsp3) is 0.600. The summed E-state index contributed by atoms with van der Waals surface area (Å²) >= 11 is 0. The summed E-state index contributed by atoms with van der Waals surface area (Å²) < 4.78 is 0. The Labute approximate surface area is 116 Å². The second-order valence-corrected chi connectivity index (χ2v) is 9.21. The molecule has 0 amide bonds. The van der Waals surface area contributed by atoms with Crippen molar-refractivity contribution in [3.05, 3.63) is 22.9 Å². The molecular weight excluding hydrogens is 267 g/mol. The molecule has 0 bridgehead atoms. The molecule has 1 rings (SSSR count). The Morgan fingerprint density at radius 3 is 2.00 bits per heavy atom. The van der Waals surface area contributed by atoms with E-state index in [1.807, 2.05) is 0 Å². The Morgan fingerprint density at radius 2 is 1.79 bits per heavy atom. The largest absolute Gasteiger partial charge is 0.273 e. The topological polar surface area (TPSA) is 0 Å². The summed E-state index contributed by atoms with van der Waals surface area (Å²) in [6, 6.07) is 0. The molecule has 0 nitrogen and oxygen atoms in total. The van der Waals surface area contributed by atoms with Gasteiger partial charge in [-0.15, -0.1) is 31.2 Å². The molecule has 0 aromatic rings. The van der Waals surface area contributed by atoms with Gasteiger partial charge in [0.2, 0.25) is 0 Å². The van der Waals surface area contributed by atoms with Crippen LogP contribution >= 0.6 is 24.8 Å². The monoisotopic (exact) mass is 285 g/mol. The molecule has 0 N–H and O–H groups in total. The van der Waals surface area contributed by atoms with Gasteiger partial charge in [-0.05, 0) is 0 Å². The Balaban J connectivity index is -0.000000403. The van der Waals surface area contributed by atoms with E-state index in [4.69, 9.17) is 0 Å². The first-order valence-electron chi connectivity index (χ1n) is 4.35. The molecule has 1 aliphatic carbocycles. The summed E-state index contributed by atoms with van der Waals surface area (Å²) in [5.41, 5.74) is 1.56. The van der Waals surface area contributed by atoms with Crippen LogP contribution in [0.3, 0.4) is 0 Å². The second kappa shape index (κ2) is 8.18. The second-order valence-electron chi connectivity index (χ2n) is 4.17. The van der Waals surface area contributed by atoms with E-state index in [0.717, 1.165) is 6.42 Å². The maximum absolute atomic E-state index is 3.48. The number of rotatable bonds is 2. The number of halogens is 2. The Morgan fingerprint density at radius 1 is 1.29 bits per heavy atom. The van der Waals surface area contributed by atoms with Gasteiger partial charge in [-0.3, -0.25) is 6.08 Å². The van der Waals surface area contributed by atoms with Gasteiger partial charge >= 0.3 is 0 Å². The number of hydrogen-bond donors (Lipinski definition) is 0. The van der Waals surface area contributed by atoms with Gasteiger partial charge in [-0.2, -0.15) is 5.57 Å². The van der Waals surface area contributed by atoms with Gasteiger partial charge in [0.05, 0.1) is 0 Å². The van der Waals surface area contributed by atoms with Gasteiger partial charge < -0.3 is 0 Å². The third kappa shape index (κ3) is 5.77. The molecule has 0 aliphatic heterocycles. The third-order valence-corrected chi connectivity index (χ3v) is 4.05. The Bertz CT molecular complexity index is 217. The average molecular weight is 286 g/mol. The summed E-state index contributed by atoms with van der Waals surface area (Å²) in [6.45, 7) is 9.36. The summed E-state index contributed by atoms with van der Waals surface area (Å²) in [4.78, 5) is 0. The van der Waals surface area contributed by atoms with Gasteiger partial charge in [0, 0.05) is 29.8 Å². The Hall–Kier alpha value is 0.991. The van der Waals surface area contributed by atoms with Crippen LogP contribution in [0, 0.1) is 6.08 Å². The summed E-state index contributed by atoms with van der Waals surface area (Å²) in [5, 5.41) is 1.52. The van der Waals surface area contributed by atoms with Crippen LogP contribution in [0.1, 0.15) is 19.8 Å². The first kappa shape index (κ1) is 20.4. The molecule has 14 heavy (non-hydrogen) atoms. The maximum atomic E-state index is 3.48. The van der Waals surface area contributed by atoms with Crippen molar-refractivity contribution in [2.45, 2.75) is 39.4 Å². The van der Waals surface area contributed by atoms with Crippen LogP contribution in [0.2, 0.25) is 19.6 Å². The van der Waals surface area contributed by atoms with E-state index >= 15 is 0 Å². The average Bonchev–Trinajstić information content (AvgIpc) is 2.32. The molecule has 0 unspecified atom stereocenters. The molecular formula is C10H19Cl2SiTi-. The van der Waals surface area contributed by atoms with Gasteiger partial charge in [0.15, 0.2) is 0 Å². The third-order valence-electron chi connectivity index (χ3n) is 2.12. The van der Waals surface area contributed by atoms with Crippen molar-refractivity contribution in [1.29, 1.82) is 0 Å². The molecule has 1 aliphatic rings. The minimum absolute atomic E-state index is 0. The fourth-order valence-electron chi connectivity index (χ4n) is 1.22. The van der Waals surface area contributed by atoms with Crippen LogP contribution in [-0.2, 0) is 21.7 Å². The quantitative estimate of drug-likeness (QED) is 0.528. The van der Waals surface area contributed by atoms with Crippen LogP contribution in [0.25, 0.3) is 0 Å². The predicted octanol–water partition coefficient (Wildman–Crippen LogP) is 4.17. The Kier molecular flexibility index (Phi) is 11.9. The zero-order valence-electron chi connectivity index (χ0n) is 9.31. The zero-order valence-corrected chi connectivity index (χ0v) is 13.5. The summed E-state index contributed by atoms with van der Waals surface area (Å²) in [5.74, 6) is 0. The van der Waals surface area contributed by atoms with Crippen molar-refractivity contribution in [1.82, 2.24) is 0 Å². The van der Waals surface area contributed by atoms with Crippen molar-refractivity contribution in [3.63, 3.8) is 0 Å². The van der Waals surface area contributed by atoms with Gasteiger partial charge in [0.1, 0.15) is 0 Å². The molecule has 4 heteroatoms. The van der Waals surface area contributed by atoms with Crippen molar-refractivity contribution < 1.29 is 21.7 Å². The molecule has 0 spiro atoms. The normalized spacial score (nSPS) is 14.3. The fourth-order valence-corrected chi connectivity index (χ4v) is 2.48. The minimum atomic E-state index is -1.05. The maximum Gasteiger partial charge on any atom is 0.0393 e. The molecule has 0 radical (unpaired) electrons. The van der Waals surface area contributed by atoms with Crippen LogP contribution in [-0.4, -0.2) is 8.07 Å². The molecule has 0 heterocycles. The van der Waals surface area contributed by atoms with E-state index in [1.165, 1.54) is 11.6 Å². The predicted molar refractivity (Wildman–Crippen MR) is 67.6 cm³/mol. The van der Waals surface area contributed by atoms with Crippen molar-refractivity contribution in [2.75, 3.05) is 0 Å². The SMILES string of the molecule is CCC1=CC([Si](C)(C)C)=[C-]C1.Cl.Cl.[Ti]. The molecule has 0 aromatic carbocycles. The molecule has 0 atom stereocenters. The standard InChI is InChI=1S/C10H17Si.2ClH.Ti/c1-5-9-6-7-10(8-9)11(2,3)4;;;/h8H,5-6H2,1-4H3;2*1H;/q-1;;;. The molecule has 0 saturated heterocycles. The number of allylic oxidation sites excluding steroid dienone is 4. The van der Waals surface area contributed by atoms with Crippen LogP contribution < -0.4 is 0 Å². The van der Waals surface area contributed by atoms with Gasteiger partial charge in [0.25, 0.3) is 0 Å². The first-order chi connectivity index (χ1) is 5.04. The molecule has 0 fully saturated rings. The van der Waals surface area contributed by atoms with Crippen LogP contribution in [0.5, 0.6) is 0 Å². The molecule has 82 valence electrons. The van der Waals surface area contributed by atoms with E-state index in [-0.39, 0.29) is 46.5 Å². The van der Waals surface area contributed by atoms with Gasteiger partial charge in [-0.25, -0.2) is 11.3 Å². The van der Waals surface area contributed by atoms with Gasteiger partial charge in [-0.1, -0.05) is 33.0 Å². The van der Waals surface area contributed by atoms with Crippen molar-refractivity contribution >= 4 is 32.9 Å². The van der Waals surface area contributed by atoms with Crippen molar-refractivity contribution in [2.24, 2.45) is 0 Å². The van der Waals surface area contributed by atoms with E-state index in [1.54, 1.807) is 5.57 Å². The molecule has 0 saturated carbocycles. The van der Waals surface area contributed by atoms with E-state index < -0.39 is 8.07 Å². The zero-order chi connectivity index (χ0) is 8.48. The van der Waals surface area contributed by atoms with Crippen LogP contribution in [0.15, 0.2) is 16.8 Å². The minimum Gasteiger partial charge on any atom is -0.273 e. The smallest absolute Gasteiger partial charge is 0.0393 e. The summed E-state index contributed by atoms with van der Waals surface area (Å²) in [7, 11) is -1.05. The first-order valence-corrected chi connectivity index (χ1v) is 7.85. The van der Waals surface area contributed by atoms with E-state index in [9.17, 15) is 0 Å². The van der Waals surface area contributed by atoms with Crippen molar-refractivity contribution in [3.8, 4) is 0 Å². The van der Waals surface area contributed by atoms with Crippen LogP contribution in [0.4, 0.5) is 0 Å². The molecule has 0 aromatic heterocycles.